The van der Waals surface area contributed by atoms with Gasteiger partial charge in [-0.1, -0.05) is 24.3 Å². The molecule has 0 spiro atoms. The number of ketones is 1. The molecule has 1 aliphatic carbocycles. The van der Waals surface area contributed by atoms with Gasteiger partial charge in [-0.3, -0.25) is 10.2 Å². The van der Waals surface area contributed by atoms with Crippen molar-refractivity contribution < 1.29 is 24.6 Å². The molecule has 0 amide bonds. The number of carbonyl (C=O) groups excluding carboxylic acids is 1. The van der Waals surface area contributed by atoms with Gasteiger partial charge in [0.25, 0.3) is 0 Å². The Morgan fingerprint density at radius 1 is 0.717 bits per heavy atom. The molecule has 5 rings (SSSR count). The molecule has 13 nitrogen and oxygen atoms in total. The van der Waals surface area contributed by atoms with Gasteiger partial charge >= 0.3 is 11.9 Å². The maximum atomic E-state index is 11.6. The lowest BCUT2D eigenvalue weighted by Crippen LogP contribution is -2.15. The van der Waals surface area contributed by atoms with E-state index in [0.717, 1.165) is 11.1 Å². The predicted molar refractivity (Wildman–Crippen MR) is 175 cm³/mol. The molecule has 0 aromatic heterocycles. The first-order chi connectivity index (χ1) is 22.1. The number of aromatic carboxylic acids is 1. The fourth-order valence-corrected chi connectivity index (χ4v) is 4.24. The Hall–Kier alpha value is -6.76. The number of carbonyl (C=O) groups is 3. The van der Waals surface area contributed by atoms with Gasteiger partial charge in [-0.25, -0.2) is 9.59 Å². The highest BCUT2D eigenvalue weighted by Gasteiger charge is 2.18. The summed E-state index contributed by atoms with van der Waals surface area (Å²) in [6, 6.07) is 22.4. The number of hydrogen-bond donors (Lipinski definition) is 5. The topological polar surface area (TPSA) is 218 Å². The molecule has 4 aromatic carbocycles. The number of nitrogens with two attached hydrogens (primary N) is 2. The zero-order valence-corrected chi connectivity index (χ0v) is 24.2. The monoisotopic (exact) mass is 614 g/mol. The third kappa shape index (κ3) is 7.06. The number of nitrogens with zero attached hydrogens (tertiary/aromatic N) is 5. The van der Waals surface area contributed by atoms with E-state index in [1.807, 2.05) is 48.5 Å². The Morgan fingerprint density at radius 3 is 1.91 bits per heavy atom. The zero-order valence-electron chi connectivity index (χ0n) is 24.2. The van der Waals surface area contributed by atoms with Crippen LogP contribution in [0.1, 0.15) is 15.9 Å². The van der Waals surface area contributed by atoms with E-state index in [9.17, 15) is 14.4 Å². The number of nitrogens with one attached hydrogen (secondary N) is 1. The van der Waals surface area contributed by atoms with Gasteiger partial charge in [-0.2, -0.15) is 15.3 Å². The fourth-order valence-electron chi connectivity index (χ4n) is 4.24. The van der Waals surface area contributed by atoms with Gasteiger partial charge in [0.05, 0.1) is 39.7 Å². The van der Waals surface area contributed by atoms with Crippen LogP contribution in [0.5, 0.6) is 0 Å². The van der Waals surface area contributed by atoms with Gasteiger partial charge in [-0.05, 0) is 96.4 Å². The second-order valence-corrected chi connectivity index (χ2v) is 9.97. The van der Waals surface area contributed by atoms with Gasteiger partial charge in [0.1, 0.15) is 16.9 Å². The van der Waals surface area contributed by atoms with Crippen LogP contribution in [0.2, 0.25) is 0 Å². The van der Waals surface area contributed by atoms with E-state index in [1.54, 1.807) is 13.0 Å². The largest absolute Gasteiger partial charge is 0.478 e. The molecule has 0 radical (unpaired) electrons. The van der Waals surface area contributed by atoms with Crippen molar-refractivity contribution >= 4 is 63.2 Å². The van der Waals surface area contributed by atoms with Crippen molar-refractivity contribution in [3.8, 4) is 11.1 Å². The van der Waals surface area contributed by atoms with Crippen LogP contribution in [0, 0.1) is 6.92 Å². The lowest BCUT2D eigenvalue weighted by molar-refractivity contribution is -0.134. The molecule has 0 atom stereocenters. The minimum atomic E-state index is -1.31. The second-order valence-electron chi connectivity index (χ2n) is 9.97. The van der Waals surface area contributed by atoms with Gasteiger partial charge < -0.3 is 21.7 Å². The Kier molecular flexibility index (Phi) is 8.85. The number of hydrazone groups is 1. The number of hydrogen-bond acceptors (Lipinski definition) is 11. The van der Waals surface area contributed by atoms with Crippen molar-refractivity contribution in [3.05, 3.63) is 114 Å². The van der Waals surface area contributed by atoms with Crippen LogP contribution < -0.4 is 16.9 Å². The molecule has 0 heterocycles. The normalized spacial score (nSPS) is 13.8. The van der Waals surface area contributed by atoms with E-state index in [0.29, 0.717) is 39.7 Å². The standard InChI is InChI=1S/C33H26N8O5/c1-18-16-27(30(35)31(29(18)34)41-38-24-12-6-21(7-13-24)32(43)44)40-37-23-10-4-20(5-11-23)19-2-8-22(9-3-19)36-39-25-14-15-28(42)26(17-25)33(45)46/h2-17,36H,34-35H2,1H3,(H,43,44)(H,45,46)/b39-25-,40-37?,41-38?. The number of carboxylic acids is 2. The first kappa shape index (κ1) is 30.7. The van der Waals surface area contributed by atoms with Crippen molar-refractivity contribution in [1.29, 1.82) is 0 Å². The van der Waals surface area contributed by atoms with Gasteiger partial charge in [-0.15, -0.1) is 10.2 Å². The predicted octanol–water partition coefficient (Wildman–Crippen LogP) is 7.27. The number of anilines is 3. The third-order valence-corrected chi connectivity index (χ3v) is 6.81. The van der Waals surface area contributed by atoms with Crippen molar-refractivity contribution in [3.63, 3.8) is 0 Å². The first-order valence-electron chi connectivity index (χ1n) is 13.7. The zero-order chi connectivity index (χ0) is 32.8. The first-order valence-corrected chi connectivity index (χ1v) is 13.7. The van der Waals surface area contributed by atoms with E-state index >= 15 is 0 Å². The molecule has 46 heavy (non-hydrogen) atoms. The summed E-state index contributed by atoms with van der Waals surface area (Å²) in [7, 11) is 0. The van der Waals surface area contributed by atoms with Crippen molar-refractivity contribution in [1.82, 2.24) is 0 Å². The molecule has 0 aliphatic heterocycles. The van der Waals surface area contributed by atoms with Crippen LogP contribution in [-0.2, 0) is 9.59 Å². The summed E-state index contributed by atoms with van der Waals surface area (Å²) in [4.78, 5) is 33.9. The molecule has 228 valence electrons. The van der Waals surface area contributed by atoms with Crippen LogP contribution in [0.15, 0.2) is 128 Å². The number of azo groups is 2. The average molecular weight is 615 g/mol. The molecule has 4 aromatic rings. The summed E-state index contributed by atoms with van der Waals surface area (Å²) in [5.41, 5.74) is 20.9. The van der Waals surface area contributed by atoms with E-state index in [2.05, 4.69) is 31.0 Å². The Bertz CT molecular complexity index is 1990. The number of aryl methyl sites for hydroxylation is 1. The Labute approximate surface area is 262 Å². The molecule has 0 bridgehead atoms. The number of aliphatic carboxylic acids is 1. The Balaban J connectivity index is 1.27. The van der Waals surface area contributed by atoms with E-state index < -0.39 is 17.7 Å². The van der Waals surface area contributed by atoms with Crippen molar-refractivity contribution in [2.45, 2.75) is 6.92 Å². The number of nitrogen functional groups attached to an aromatic ring is 2. The maximum absolute atomic E-state index is 11.6. The van der Waals surface area contributed by atoms with Crippen molar-refractivity contribution in [2.24, 2.45) is 25.6 Å². The SMILES string of the molecule is Cc1cc(N=Nc2ccc(-c3ccc(N/N=C4/C=CC(=O)C(C(=O)O)=C4)cc3)cc2)c(N)c(N=Nc2ccc(C(=O)O)cc2)c1N. The lowest BCUT2D eigenvalue weighted by Gasteiger charge is -2.09. The highest BCUT2D eigenvalue weighted by molar-refractivity contribution is 6.29. The van der Waals surface area contributed by atoms with E-state index in [4.69, 9.17) is 21.7 Å². The minimum Gasteiger partial charge on any atom is -0.478 e. The summed E-state index contributed by atoms with van der Waals surface area (Å²) in [6.45, 7) is 1.79. The summed E-state index contributed by atoms with van der Waals surface area (Å²) in [5, 5.41) is 39.3. The van der Waals surface area contributed by atoms with E-state index in [1.165, 1.54) is 42.5 Å². The maximum Gasteiger partial charge on any atom is 0.339 e. The van der Waals surface area contributed by atoms with Gasteiger partial charge in [0.2, 0.25) is 0 Å². The second kappa shape index (κ2) is 13.3. The summed E-state index contributed by atoms with van der Waals surface area (Å²) < 4.78 is 0. The minimum absolute atomic E-state index is 0.132. The van der Waals surface area contributed by atoms with Gasteiger partial charge in [0.15, 0.2) is 5.78 Å². The number of allylic oxidation sites excluding steroid dienone is 3. The number of rotatable bonds is 9. The highest BCUT2D eigenvalue weighted by Crippen LogP contribution is 2.41. The summed E-state index contributed by atoms with van der Waals surface area (Å²) >= 11 is 0. The molecule has 0 unspecified atom stereocenters. The summed E-state index contributed by atoms with van der Waals surface area (Å²) in [5.74, 6) is -2.92. The van der Waals surface area contributed by atoms with Crippen molar-refractivity contribution in [2.75, 3.05) is 16.9 Å². The molecular formula is C33H26N8O5. The molecule has 1 aliphatic rings. The third-order valence-electron chi connectivity index (χ3n) is 6.81. The lowest BCUT2D eigenvalue weighted by atomic mass is 10.0. The van der Waals surface area contributed by atoms with Crippen LogP contribution in [-0.4, -0.2) is 33.6 Å². The van der Waals surface area contributed by atoms with E-state index in [-0.39, 0.29) is 22.5 Å². The molecule has 0 fully saturated rings. The van der Waals surface area contributed by atoms with Crippen LogP contribution in [0.25, 0.3) is 11.1 Å². The highest BCUT2D eigenvalue weighted by atomic mass is 16.4. The Morgan fingerprint density at radius 2 is 1.30 bits per heavy atom. The smallest absolute Gasteiger partial charge is 0.339 e. The van der Waals surface area contributed by atoms with Crippen LogP contribution >= 0.6 is 0 Å². The molecule has 0 saturated heterocycles. The molecule has 0 saturated carbocycles. The average Bonchev–Trinajstić information content (AvgIpc) is 3.06. The van der Waals surface area contributed by atoms with Gasteiger partial charge in [0, 0.05) is 0 Å². The molecule has 7 N–H and O–H groups in total. The van der Waals surface area contributed by atoms with Crippen LogP contribution in [0.3, 0.4) is 0 Å². The number of benzene rings is 4. The molecule has 13 heteroatoms. The number of carboxylic acid groups (broad SMARTS) is 2. The molecular weight excluding hydrogens is 588 g/mol. The fraction of sp³-hybridized carbons (Fsp3) is 0.0303. The van der Waals surface area contributed by atoms with Crippen LogP contribution in [0.4, 0.5) is 39.8 Å². The quantitative estimate of drug-likeness (QED) is 0.0423. The summed E-state index contributed by atoms with van der Waals surface area (Å²) in [6.07, 6.45) is 3.82.